The van der Waals surface area contributed by atoms with Gasteiger partial charge in [0.25, 0.3) is 0 Å². The molecule has 2 aromatic rings. The molecule has 35 heavy (non-hydrogen) atoms. The summed E-state index contributed by atoms with van der Waals surface area (Å²) in [4.78, 5) is 15.9. The Hall–Kier alpha value is -2.14. The Morgan fingerprint density at radius 2 is 1.66 bits per heavy atom. The normalized spacial score (nSPS) is 21.2. The fourth-order valence-corrected chi connectivity index (χ4v) is 6.73. The van der Waals surface area contributed by atoms with Gasteiger partial charge in [0.2, 0.25) is 16.0 Å². The van der Waals surface area contributed by atoms with Crippen LogP contribution in [0, 0.1) is 0 Å². The number of hydrogen-bond acceptors (Lipinski definition) is 8. The molecular weight excluding hydrogens is 486 g/mol. The number of aromatic nitrogens is 2. The highest BCUT2D eigenvalue weighted by molar-refractivity contribution is 7.90. The van der Waals surface area contributed by atoms with Crippen molar-refractivity contribution in [3.8, 4) is 0 Å². The molecule has 0 radical (unpaired) electrons. The van der Waals surface area contributed by atoms with Crippen molar-refractivity contribution < 1.29 is 8.42 Å². The largest absolute Gasteiger partial charge is 0.369 e. The second-order valence-electron chi connectivity index (χ2n) is 10.2. The van der Waals surface area contributed by atoms with Gasteiger partial charge in [-0.1, -0.05) is 11.6 Å². The summed E-state index contributed by atoms with van der Waals surface area (Å²) in [5.41, 5.74) is 1.69. The zero-order valence-corrected chi connectivity index (χ0v) is 21.9. The molecule has 2 N–H and O–H groups in total. The molecule has 3 heterocycles. The van der Waals surface area contributed by atoms with Crippen LogP contribution in [0.2, 0.25) is 5.02 Å². The van der Waals surface area contributed by atoms with Gasteiger partial charge in [0.15, 0.2) is 5.82 Å². The quantitative estimate of drug-likeness (QED) is 0.576. The predicted octanol–water partition coefficient (Wildman–Crippen LogP) is 3.07. The van der Waals surface area contributed by atoms with E-state index in [2.05, 4.69) is 53.9 Å². The highest BCUT2D eigenvalue weighted by Crippen LogP contribution is 2.34. The monoisotopic (exact) mass is 519 g/mol. The Morgan fingerprint density at radius 1 is 1.00 bits per heavy atom. The van der Waals surface area contributed by atoms with Gasteiger partial charge < -0.3 is 20.0 Å². The number of benzene rings is 1. The summed E-state index contributed by atoms with van der Waals surface area (Å²) in [6.07, 6.45) is 4.53. The van der Waals surface area contributed by atoms with Gasteiger partial charge in [0.05, 0.1) is 11.4 Å². The van der Waals surface area contributed by atoms with E-state index in [9.17, 15) is 8.42 Å². The molecule has 1 aromatic heterocycles. The van der Waals surface area contributed by atoms with E-state index in [1.807, 2.05) is 19.1 Å². The maximum absolute atomic E-state index is 12.4. The predicted molar refractivity (Wildman–Crippen MR) is 141 cm³/mol. The summed E-state index contributed by atoms with van der Waals surface area (Å²) >= 11 is 6.46. The first-order chi connectivity index (χ1) is 16.7. The fraction of sp³-hybridized carbons (Fsp3) is 0.583. The lowest BCUT2D eigenvalue weighted by Crippen LogP contribution is -2.54. The standard InChI is InChI=1S/C24H34ClN7O2S/c1-24(29-35(33,34)20-7-8-20)9-11-32(12-10-24)22-21(25)17-26-23(28-22)27-18-3-5-19(6-4-18)31-15-13-30(2)14-16-31/h3-6,17,20,29H,7-16H2,1-2H3,(H,26,27,28). The first kappa shape index (κ1) is 24.5. The van der Waals surface area contributed by atoms with Crippen LogP contribution < -0.4 is 19.8 Å². The van der Waals surface area contributed by atoms with Crippen LogP contribution in [0.1, 0.15) is 32.6 Å². The molecule has 0 bridgehead atoms. The van der Waals surface area contributed by atoms with E-state index in [4.69, 9.17) is 11.6 Å². The lowest BCUT2D eigenvalue weighted by molar-refractivity contribution is 0.313. The Kier molecular flexibility index (Phi) is 6.82. The average Bonchev–Trinajstić information content (AvgIpc) is 3.68. The molecule has 0 spiro atoms. The molecule has 5 rings (SSSR count). The SMILES string of the molecule is CN1CCN(c2ccc(Nc3ncc(Cl)c(N4CCC(C)(NS(=O)(=O)C5CC5)CC4)n3)cc2)CC1. The molecule has 1 saturated carbocycles. The number of hydrogen-bond donors (Lipinski definition) is 2. The molecule has 3 fully saturated rings. The number of likely N-dealkylation sites (N-methyl/N-ethyl adjacent to an activating group) is 1. The van der Waals surface area contributed by atoms with Gasteiger partial charge in [-0.25, -0.2) is 18.1 Å². The van der Waals surface area contributed by atoms with Gasteiger partial charge in [-0.2, -0.15) is 4.98 Å². The third kappa shape index (κ3) is 5.82. The van der Waals surface area contributed by atoms with E-state index in [0.29, 0.717) is 42.7 Å². The molecule has 1 aliphatic carbocycles. The topological polar surface area (TPSA) is 93.7 Å². The summed E-state index contributed by atoms with van der Waals surface area (Å²) in [5.74, 6) is 1.16. The van der Waals surface area contributed by atoms with E-state index < -0.39 is 15.6 Å². The van der Waals surface area contributed by atoms with Crippen LogP contribution in [-0.2, 0) is 10.0 Å². The van der Waals surface area contributed by atoms with Crippen molar-refractivity contribution in [2.24, 2.45) is 0 Å². The number of rotatable bonds is 7. The second kappa shape index (κ2) is 9.72. The molecule has 190 valence electrons. The minimum absolute atomic E-state index is 0.210. The van der Waals surface area contributed by atoms with Gasteiger partial charge in [0, 0.05) is 56.2 Å². The van der Waals surface area contributed by atoms with Crippen LogP contribution in [0.3, 0.4) is 0 Å². The van der Waals surface area contributed by atoms with Gasteiger partial charge in [-0.3, -0.25) is 0 Å². The van der Waals surface area contributed by atoms with Crippen LogP contribution >= 0.6 is 11.6 Å². The molecule has 9 nitrogen and oxygen atoms in total. The van der Waals surface area contributed by atoms with E-state index in [1.165, 1.54) is 5.69 Å². The van der Waals surface area contributed by atoms with Crippen LogP contribution in [0.15, 0.2) is 30.5 Å². The Morgan fingerprint density at radius 3 is 2.29 bits per heavy atom. The van der Waals surface area contributed by atoms with Crippen molar-refractivity contribution in [1.82, 2.24) is 19.6 Å². The van der Waals surface area contributed by atoms with Crippen molar-refractivity contribution in [2.45, 2.75) is 43.4 Å². The zero-order valence-electron chi connectivity index (χ0n) is 20.4. The summed E-state index contributed by atoms with van der Waals surface area (Å²) in [5, 5.41) is 3.57. The van der Waals surface area contributed by atoms with E-state index in [0.717, 1.165) is 44.7 Å². The van der Waals surface area contributed by atoms with E-state index >= 15 is 0 Å². The summed E-state index contributed by atoms with van der Waals surface area (Å²) < 4.78 is 27.8. The van der Waals surface area contributed by atoms with Crippen LogP contribution in [0.4, 0.5) is 23.1 Å². The third-order valence-electron chi connectivity index (χ3n) is 7.24. The fourth-order valence-electron chi connectivity index (χ4n) is 4.71. The zero-order chi connectivity index (χ0) is 24.6. The van der Waals surface area contributed by atoms with E-state index in [-0.39, 0.29) is 5.25 Å². The minimum Gasteiger partial charge on any atom is -0.369 e. The van der Waals surface area contributed by atoms with Crippen molar-refractivity contribution >= 4 is 44.8 Å². The second-order valence-corrected chi connectivity index (χ2v) is 12.6. The van der Waals surface area contributed by atoms with Crippen LogP contribution in [0.5, 0.6) is 0 Å². The number of nitrogens with one attached hydrogen (secondary N) is 2. The minimum atomic E-state index is -3.23. The first-order valence-corrected chi connectivity index (χ1v) is 14.2. The summed E-state index contributed by atoms with van der Waals surface area (Å²) in [7, 11) is -1.07. The number of sulfonamides is 1. The molecule has 0 atom stereocenters. The molecular formula is C24H34ClN7O2S. The first-order valence-electron chi connectivity index (χ1n) is 12.3. The molecule has 2 saturated heterocycles. The molecule has 3 aliphatic rings. The molecule has 0 amide bonds. The van der Waals surface area contributed by atoms with Crippen molar-refractivity contribution in [3.05, 3.63) is 35.5 Å². The van der Waals surface area contributed by atoms with Gasteiger partial charge in [-0.05, 0) is 63.9 Å². The summed E-state index contributed by atoms with van der Waals surface area (Å²) in [6, 6.07) is 8.34. The number of nitrogens with zero attached hydrogens (tertiary/aromatic N) is 5. The van der Waals surface area contributed by atoms with Gasteiger partial charge >= 0.3 is 0 Å². The smallest absolute Gasteiger partial charge is 0.229 e. The lowest BCUT2D eigenvalue weighted by atomic mass is 9.91. The van der Waals surface area contributed by atoms with Crippen LogP contribution in [-0.4, -0.2) is 80.4 Å². The molecule has 0 unspecified atom stereocenters. The van der Waals surface area contributed by atoms with Crippen molar-refractivity contribution in [3.63, 3.8) is 0 Å². The Labute approximate surface area is 212 Å². The maximum atomic E-state index is 12.4. The Bertz CT molecular complexity index is 1140. The molecule has 11 heteroatoms. The highest BCUT2D eigenvalue weighted by atomic mass is 35.5. The Balaban J connectivity index is 1.21. The van der Waals surface area contributed by atoms with Crippen molar-refractivity contribution in [2.75, 3.05) is 61.4 Å². The van der Waals surface area contributed by atoms with Crippen LogP contribution in [0.25, 0.3) is 0 Å². The average molecular weight is 520 g/mol. The highest BCUT2D eigenvalue weighted by Gasteiger charge is 2.41. The van der Waals surface area contributed by atoms with Gasteiger partial charge in [0.1, 0.15) is 5.02 Å². The number of halogens is 1. The number of piperidine rings is 1. The molecule has 2 aliphatic heterocycles. The molecule has 1 aromatic carbocycles. The van der Waals surface area contributed by atoms with E-state index in [1.54, 1.807) is 6.20 Å². The van der Waals surface area contributed by atoms with Gasteiger partial charge in [-0.15, -0.1) is 0 Å². The van der Waals surface area contributed by atoms with Crippen molar-refractivity contribution in [1.29, 1.82) is 0 Å². The summed E-state index contributed by atoms with van der Waals surface area (Å²) in [6.45, 7) is 7.53. The third-order valence-corrected chi connectivity index (χ3v) is 9.63. The lowest BCUT2D eigenvalue weighted by Gasteiger charge is -2.40. The maximum Gasteiger partial charge on any atom is 0.229 e. The number of anilines is 4. The number of piperazine rings is 1.